The third-order valence-electron chi connectivity index (χ3n) is 4.56. The van der Waals surface area contributed by atoms with Crippen LogP contribution in [0.25, 0.3) is 10.6 Å². The molecule has 0 spiro atoms. The van der Waals surface area contributed by atoms with E-state index in [2.05, 4.69) is 20.9 Å². The fraction of sp³-hybridized carbons (Fsp3) is 0.450. The van der Waals surface area contributed by atoms with Gasteiger partial charge in [0.25, 0.3) is 0 Å². The number of hydrogen-bond donors (Lipinski definition) is 1. The first kappa shape index (κ1) is 22.8. The molecule has 1 fully saturated rings. The number of nitrogens with zero attached hydrogens (tertiary/aromatic N) is 3. The molecule has 3 amide bonds. The Labute approximate surface area is 193 Å². The maximum Gasteiger partial charge on any atom is 0.410 e. The number of likely N-dealkylation sites (tertiary alicyclic amines) is 1. The van der Waals surface area contributed by atoms with Gasteiger partial charge in [0.2, 0.25) is 0 Å². The van der Waals surface area contributed by atoms with E-state index >= 15 is 0 Å². The first-order valence-corrected chi connectivity index (χ1v) is 11.6. The Morgan fingerprint density at radius 1 is 1.40 bits per heavy atom. The number of primary amides is 1. The molecule has 2 N–H and O–H groups in total. The second-order valence-corrected chi connectivity index (χ2v) is 10.2. The van der Waals surface area contributed by atoms with Gasteiger partial charge in [-0.3, -0.25) is 4.90 Å². The highest BCUT2D eigenvalue weighted by Gasteiger charge is 2.33. The Morgan fingerprint density at radius 3 is 2.77 bits per heavy atom. The lowest BCUT2D eigenvalue weighted by Gasteiger charge is -2.38. The number of thiazole rings is 1. The first-order chi connectivity index (χ1) is 14.0. The van der Waals surface area contributed by atoms with Crippen LogP contribution in [-0.2, 0) is 4.74 Å². The summed E-state index contributed by atoms with van der Waals surface area (Å²) in [7, 11) is 0. The van der Waals surface area contributed by atoms with E-state index in [4.69, 9.17) is 22.1 Å². The zero-order valence-corrected chi connectivity index (χ0v) is 20.2. The Morgan fingerprint density at radius 2 is 2.13 bits per heavy atom. The predicted octanol–water partition coefficient (Wildman–Crippen LogP) is 5.51. The third-order valence-corrected chi connectivity index (χ3v) is 6.67. The van der Waals surface area contributed by atoms with Crippen molar-refractivity contribution in [2.24, 2.45) is 5.73 Å². The van der Waals surface area contributed by atoms with Crippen molar-refractivity contribution in [2.45, 2.75) is 45.3 Å². The number of aromatic nitrogens is 1. The molecule has 1 aliphatic heterocycles. The number of halogens is 2. The number of piperidine rings is 1. The molecule has 2 heterocycles. The van der Waals surface area contributed by atoms with Crippen molar-refractivity contribution in [1.82, 2.24) is 9.88 Å². The van der Waals surface area contributed by atoms with Gasteiger partial charge in [0.1, 0.15) is 16.4 Å². The van der Waals surface area contributed by atoms with Gasteiger partial charge in [-0.25, -0.2) is 14.6 Å². The van der Waals surface area contributed by atoms with Crippen LogP contribution in [0.1, 0.15) is 33.6 Å². The number of nitrogens with two attached hydrogens (primary N) is 1. The van der Waals surface area contributed by atoms with E-state index in [9.17, 15) is 9.59 Å². The number of urea groups is 1. The van der Waals surface area contributed by atoms with Gasteiger partial charge in [0, 0.05) is 28.5 Å². The Kier molecular flexibility index (Phi) is 6.94. The van der Waals surface area contributed by atoms with Crippen LogP contribution in [0.4, 0.5) is 15.4 Å². The molecule has 0 radical (unpaired) electrons. The predicted molar refractivity (Wildman–Crippen MR) is 123 cm³/mol. The van der Waals surface area contributed by atoms with Crippen LogP contribution in [0.2, 0.25) is 5.02 Å². The molecule has 0 aliphatic carbocycles. The van der Waals surface area contributed by atoms with Crippen LogP contribution >= 0.6 is 38.9 Å². The summed E-state index contributed by atoms with van der Waals surface area (Å²) in [6, 6.07) is 4.69. The van der Waals surface area contributed by atoms with E-state index in [1.807, 2.05) is 39.0 Å². The smallest absolute Gasteiger partial charge is 0.410 e. The average Bonchev–Trinajstić information content (AvgIpc) is 3.12. The molecule has 3 rings (SSSR count). The molecule has 10 heteroatoms. The summed E-state index contributed by atoms with van der Waals surface area (Å²) in [6.45, 7) is 6.40. The first-order valence-electron chi connectivity index (χ1n) is 9.52. The molecule has 1 aromatic carbocycles. The SMILES string of the molecule is CC(C)(C)OC(=O)N1CCC[C@H](N(C(N)=O)c2csc(-c3ccc(Br)c(Cl)c3)n2)C1. The minimum absolute atomic E-state index is 0.271. The molecule has 1 saturated heterocycles. The highest BCUT2D eigenvalue weighted by Crippen LogP contribution is 2.33. The normalized spacial score (nSPS) is 17.0. The summed E-state index contributed by atoms with van der Waals surface area (Å²) >= 11 is 11.0. The Balaban J connectivity index is 1.80. The highest BCUT2D eigenvalue weighted by molar-refractivity contribution is 9.10. The van der Waals surface area contributed by atoms with E-state index in [1.54, 1.807) is 10.3 Å². The topological polar surface area (TPSA) is 88.8 Å². The number of hydrogen-bond acceptors (Lipinski definition) is 5. The fourth-order valence-corrected chi connectivity index (χ4v) is 4.50. The van der Waals surface area contributed by atoms with Crippen LogP contribution in [0.15, 0.2) is 28.1 Å². The van der Waals surface area contributed by atoms with Gasteiger partial charge in [-0.05, 0) is 61.7 Å². The summed E-state index contributed by atoms with van der Waals surface area (Å²) in [4.78, 5) is 32.5. The third kappa shape index (κ3) is 5.44. The lowest BCUT2D eigenvalue weighted by atomic mass is 10.0. The zero-order chi connectivity index (χ0) is 22.1. The van der Waals surface area contributed by atoms with Gasteiger partial charge in [-0.1, -0.05) is 17.7 Å². The van der Waals surface area contributed by atoms with E-state index < -0.39 is 11.6 Å². The highest BCUT2D eigenvalue weighted by atomic mass is 79.9. The van der Waals surface area contributed by atoms with Crippen molar-refractivity contribution in [3.05, 3.63) is 33.1 Å². The number of anilines is 1. The standard InChI is InChI=1S/C20H24BrClN4O3S/c1-20(2,3)29-19(28)25-8-4-5-13(10-25)26(18(23)27)16-11-30-17(24-16)12-6-7-14(21)15(22)9-12/h6-7,9,11,13H,4-5,8,10H2,1-3H3,(H2,23,27)/t13-/m0/s1. The van der Waals surface area contributed by atoms with Crippen molar-refractivity contribution in [1.29, 1.82) is 0 Å². The fourth-order valence-electron chi connectivity index (χ4n) is 3.28. The quantitative estimate of drug-likeness (QED) is 0.584. The van der Waals surface area contributed by atoms with Crippen molar-refractivity contribution >= 4 is 56.8 Å². The van der Waals surface area contributed by atoms with Gasteiger partial charge in [-0.2, -0.15) is 0 Å². The van der Waals surface area contributed by atoms with Crippen LogP contribution in [-0.4, -0.2) is 46.7 Å². The second-order valence-electron chi connectivity index (χ2n) is 8.07. The maximum atomic E-state index is 12.5. The Hall–Kier alpha value is -1.84. The van der Waals surface area contributed by atoms with E-state index in [0.717, 1.165) is 27.9 Å². The summed E-state index contributed by atoms with van der Waals surface area (Å²) in [6.07, 6.45) is 1.08. The molecular weight excluding hydrogens is 492 g/mol. The number of amides is 3. The van der Waals surface area contributed by atoms with Crippen LogP contribution in [0, 0.1) is 0 Å². The summed E-state index contributed by atoms with van der Waals surface area (Å²) in [5, 5.41) is 3.10. The molecule has 1 aliphatic rings. The molecule has 0 bridgehead atoms. The molecule has 0 saturated carbocycles. The minimum atomic E-state index is -0.600. The average molecular weight is 516 g/mol. The molecule has 162 valence electrons. The lowest BCUT2D eigenvalue weighted by molar-refractivity contribution is 0.0199. The minimum Gasteiger partial charge on any atom is -0.444 e. The summed E-state index contributed by atoms with van der Waals surface area (Å²) in [5.41, 5.74) is 5.97. The Bertz CT molecular complexity index is 946. The summed E-state index contributed by atoms with van der Waals surface area (Å²) < 4.78 is 6.28. The van der Waals surface area contributed by atoms with Gasteiger partial charge in [0.15, 0.2) is 0 Å². The number of rotatable bonds is 3. The molecule has 0 unspecified atom stereocenters. The van der Waals surface area contributed by atoms with Crippen molar-refractivity contribution in [3.63, 3.8) is 0 Å². The molecule has 7 nitrogen and oxygen atoms in total. The monoisotopic (exact) mass is 514 g/mol. The van der Waals surface area contributed by atoms with Gasteiger partial charge in [-0.15, -0.1) is 11.3 Å². The van der Waals surface area contributed by atoms with E-state index in [-0.39, 0.29) is 12.1 Å². The zero-order valence-electron chi connectivity index (χ0n) is 17.0. The molecule has 1 atom stereocenters. The number of carbonyl (C=O) groups excluding carboxylic acids is 2. The van der Waals surface area contributed by atoms with Crippen molar-refractivity contribution < 1.29 is 14.3 Å². The lowest BCUT2D eigenvalue weighted by Crippen LogP contribution is -2.54. The second kappa shape index (κ2) is 9.11. The molecular formula is C20H24BrClN4O3S. The molecule has 1 aromatic heterocycles. The maximum absolute atomic E-state index is 12.5. The summed E-state index contributed by atoms with van der Waals surface area (Å²) in [5.74, 6) is 0.470. The van der Waals surface area contributed by atoms with Gasteiger partial charge >= 0.3 is 12.1 Å². The van der Waals surface area contributed by atoms with Gasteiger partial charge in [0.05, 0.1) is 11.1 Å². The number of carbonyl (C=O) groups is 2. The molecule has 2 aromatic rings. The van der Waals surface area contributed by atoms with E-state index in [1.165, 1.54) is 16.2 Å². The largest absolute Gasteiger partial charge is 0.444 e. The van der Waals surface area contributed by atoms with Gasteiger partial charge < -0.3 is 15.4 Å². The van der Waals surface area contributed by atoms with E-state index in [0.29, 0.717) is 23.9 Å². The van der Waals surface area contributed by atoms with Crippen LogP contribution in [0.5, 0.6) is 0 Å². The van der Waals surface area contributed by atoms with Crippen LogP contribution < -0.4 is 10.6 Å². The number of ether oxygens (including phenoxy) is 1. The van der Waals surface area contributed by atoms with Crippen molar-refractivity contribution in [3.8, 4) is 10.6 Å². The molecule has 30 heavy (non-hydrogen) atoms. The van der Waals surface area contributed by atoms with Crippen LogP contribution in [0.3, 0.4) is 0 Å². The van der Waals surface area contributed by atoms with Crippen molar-refractivity contribution in [2.75, 3.05) is 18.0 Å². The number of benzene rings is 1.